The molecule has 6 atom stereocenters. The van der Waals surface area contributed by atoms with Crippen LogP contribution in [-0.2, 0) is 52.7 Å². The van der Waals surface area contributed by atoms with Crippen molar-refractivity contribution in [2.45, 2.75) is 57.2 Å². The monoisotopic (exact) mass is 986 g/mol. The zero-order valence-corrected chi connectivity index (χ0v) is 39.1. The van der Waals surface area contributed by atoms with Crippen molar-refractivity contribution in [2.75, 3.05) is 6.61 Å². The van der Waals surface area contributed by atoms with Crippen molar-refractivity contribution < 1.29 is 109 Å². The van der Waals surface area contributed by atoms with Crippen molar-refractivity contribution in [1.82, 2.24) is 9.97 Å². The zero-order valence-electron chi connectivity index (χ0n) is 37.1. The van der Waals surface area contributed by atoms with Gasteiger partial charge in [0.25, 0.3) is 0 Å². The Kier molecular flexibility index (Phi) is 15.2. The molecule has 2 aromatic heterocycles. The molecule has 360 valence electrons. The number of hydrogen-bond donors (Lipinski definition) is 1. The molecule has 2 heterocycles. The van der Waals surface area contributed by atoms with E-state index in [9.17, 15) is 49.8 Å². The summed E-state index contributed by atoms with van der Waals surface area (Å²) in [6, 6.07) is 20.4. The Hall–Kier alpha value is -6.28. The van der Waals surface area contributed by atoms with E-state index in [-0.39, 0.29) is 130 Å². The molecule has 70 heavy (non-hydrogen) atoms. The van der Waals surface area contributed by atoms with Gasteiger partial charge in [-0.3, -0.25) is 9.59 Å². The molecule has 0 bridgehead atoms. The van der Waals surface area contributed by atoms with E-state index in [1.54, 1.807) is 31.5 Å². The Morgan fingerprint density at radius 3 is 1.50 bits per heavy atom. The second kappa shape index (κ2) is 20.6. The first-order chi connectivity index (χ1) is 32.5. The summed E-state index contributed by atoms with van der Waals surface area (Å²) in [5.74, 6) is -2.34. The van der Waals surface area contributed by atoms with Gasteiger partial charge in [0.2, 0.25) is 11.8 Å². The van der Waals surface area contributed by atoms with Crippen molar-refractivity contribution in [2.24, 2.45) is 23.7 Å². The van der Waals surface area contributed by atoms with Crippen molar-refractivity contribution in [1.29, 1.82) is 0 Å². The van der Waals surface area contributed by atoms with E-state index in [2.05, 4.69) is 9.97 Å². The van der Waals surface area contributed by atoms with Gasteiger partial charge in [-0.2, -0.15) is 26.3 Å². The normalized spacial score (nSPS) is 19.8. The number of aliphatic carboxylic acids is 1. The van der Waals surface area contributed by atoms with Gasteiger partial charge in [0.15, 0.2) is 0 Å². The van der Waals surface area contributed by atoms with Gasteiger partial charge in [0.05, 0.1) is 29.6 Å². The minimum Gasteiger partial charge on any atom is -0.870 e. The summed E-state index contributed by atoms with van der Waals surface area (Å²) in [6.45, 7) is 1.74. The minimum absolute atomic E-state index is 0. The molecule has 0 amide bonds. The first-order valence-corrected chi connectivity index (χ1v) is 21.4. The number of nitrogens with zero attached hydrogens (tertiary/aromatic N) is 2. The molecule has 10 rings (SSSR count). The Morgan fingerprint density at radius 2 is 1.07 bits per heavy atom. The number of carboxylic acids is 1. The third kappa shape index (κ3) is 10.9. The Labute approximate surface area is 416 Å². The van der Waals surface area contributed by atoms with Crippen molar-refractivity contribution >= 4 is 11.9 Å². The van der Waals surface area contributed by atoms with Crippen LogP contribution in [0.3, 0.4) is 0 Å². The van der Waals surface area contributed by atoms with E-state index in [0.29, 0.717) is 18.9 Å². The van der Waals surface area contributed by atoms with Crippen LogP contribution in [0.2, 0.25) is 0 Å². The number of esters is 1. The number of carbonyl (C=O) groups is 2. The fraction of sp³-hybridized carbons (Fsp3) is 0.280. The summed E-state index contributed by atoms with van der Waals surface area (Å²) in [5.41, 5.74) is 2.26. The number of alkyl halides is 6. The molecular formula is C50H39F8N2NaO9. The number of para-hydroxylation sites is 2. The van der Waals surface area contributed by atoms with Gasteiger partial charge in [-0.25, -0.2) is 18.7 Å². The van der Waals surface area contributed by atoms with E-state index >= 15 is 0 Å². The van der Waals surface area contributed by atoms with Crippen LogP contribution in [0.1, 0.15) is 63.3 Å². The molecule has 2 N–H and O–H groups in total. The van der Waals surface area contributed by atoms with Crippen LogP contribution >= 0.6 is 0 Å². The molecule has 0 radical (unpaired) electrons. The third-order valence-corrected chi connectivity index (χ3v) is 12.4. The summed E-state index contributed by atoms with van der Waals surface area (Å²) >= 11 is 0. The standard InChI is InChI=1S/C26H21F4NO4.C24H17F4NO4.Na.H2O/c1-2-33-25(32)24-17-10-14-11-22(31-12-18(14)23(17)24)34-13-15-9-16(7-8-20(15)27)35-21-6-4-3-5-19(21)26(28,29)30;25-18-6-5-14(33-19-4-2-1-3-17(19)24(26,27)28)7-13(18)11-32-20-9-12-8-15-21(16(12)10-29-20)22(15)23(30)31;;/h3-9,11-12,17,23-24H,2,10,13H2,1H3;1-7,9-10,15,21-22H,8,11H2,(H,30,31);;1H2/q;;+1;/p-1/t17-,23-,24+;15-,21-,22+;;/m11../s1. The second-order valence-corrected chi connectivity index (χ2v) is 16.6. The maximum absolute atomic E-state index is 14.4. The molecule has 4 aliphatic rings. The van der Waals surface area contributed by atoms with Crippen LogP contribution in [0.5, 0.6) is 34.8 Å². The predicted octanol–water partition coefficient (Wildman–Crippen LogP) is 8.47. The smallest absolute Gasteiger partial charge is 0.870 e. The van der Waals surface area contributed by atoms with E-state index < -0.39 is 41.1 Å². The topological polar surface area (TPSA) is 156 Å². The number of ether oxygens (including phenoxy) is 5. The van der Waals surface area contributed by atoms with Gasteiger partial charge >= 0.3 is 53.8 Å². The quantitative estimate of drug-likeness (QED) is 0.0673. The van der Waals surface area contributed by atoms with E-state index in [1.807, 2.05) is 0 Å². The molecule has 0 unspecified atom stereocenters. The number of carboxylic acid groups (broad SMARTS) is 1. The van der Waals surface area contributed by atoms with Crippen LogP contribution in [0.4, 0.5) is 35.1 Å². The van der Waals surface area contributed by atoms with Crippen molar-refractivity contribution in [3.8, 4) is 34.8 Å². The average Bonchev–Trinajstić information content (AvgIpc) is 4.12. The molecule has 0 saturated heterocycles. The maximum Gasteiger partial charge on any atom is 1.00 e. The van der Waals surface area contributed by atoms with Gasteiger partial charge in [-0.15, -0.1) is 0 Å². The summed E-state index contributed by atoms with van der Waals surface area (Å²) in [6.07, 6.45) is -4.54. The van der Waals surface area contributed by atoms with Crippen LogP contribution in [-0.4, -0.2) is 39.1 Å². The Morgan fingerprint density at radius 1 is 0.643 bits per heavy atom. The molecule has 11 nitrogen and oxygen atoms in total. The molecule has 0 spiro atoms. The Balaban J connectivity index is 0.000000201. The van der Waals surface area contributed by atoms with Crippen LogP contribution in [0.15, 0.2) is 109 Å². The Bertz CT molecular complexity index is 2920. The summed E-state index contributed by atoms with van der Waals surface area (Å²) in [5, 5.41) is 9.20. The average molecular weight is 987 g/mol. The number of rotatable bonds is 13. The van der Waals surface area contributed by atoms with Crippen LogP contribution in [0.25, 0.3) is 0 Å². The van der Waals surface area contributed by atoms with Gasteiger partial charge in [-0.1, -0.05) is 24.3 Å². The van der Waals surface area contributed by atoms with Crippen molar-refractivity contribution in [3.63, 3.8) is 0 Å². The number of aromatic nitrogens is 2. The summed E-state index contributed by atoms with van der Waals surface area (Å²) < 4.78 is 135. The summed E-state index contributed by atoms with van der Waals surface area (Å²) in [7, 11) is 0. The van der Waals surface area contributed by atoms with E-state index in [1.165, 1.54) is 60.7 Å². The van der Waals surface area contributed by atoms with E-state index in [4.69, 9.17) is 23.7 Å². The second-order valence-electron chi connectivity index (χ2n) is 16.6. The number of pyridine rings is 2. The molecular weight excluding hydrogens is 948 g/mol. The van der Waals surface area contributed by atoms with Gasteiger partial charge in [0.1, 0.15) is 47.8 Å². The molecule has 2 fully saturated rings. The van der Waals surface area contributed by atoms with Gasteiger partial charge in [0, 0.05) is 47.5 Å². The molecule has 4 aromatic carbocycles. The molecule has 6 aromatic rings. The molecule has 2 saturated carbocycles. The third-order valence-electron chi connectivity index (χ3n) is 12.4. The van der Waals surface area contributed by atoms with Gasteiger partial charge < -0.3 is 34.3 Å². The van der Waals surface area contributed by atoms with Crippen LogP contribution < -0.4 is 48.5 Å². The fourth-order valence-electron chi connectivity index (χ4n) is 9.18. The molecule has 20 heteroatoms. The number of carbonyl (C=O) groups excluding carboxylic acids is 1. The molecule has 4 aliphatic carbocycles. The number of benzene rings is 4. The molecule has 0 aliphatic heterocycles. The summed E-state index contributed by atoms with van der Waals surface area (Å²) in [4.78, 5) is 31.7. The number of fused-ring (bicyclic) bond motifs is 6. The van der Waals surface area contributed by atoms with Crippen molar-refractivity contribution in [3.05, 3.63) is 166 Å². The van der Waals surface area contributed by atoms with E-state index in [0.717, 1.165) is 52.9 Å². The largest absolute Gasteiger partial charge is 1.00 e. The number of halogens is 8. The fourth-order valence-corrected chi connectivity index (χ4v) is 9.18. The SMILES string of the molecule is CCOC(=O)[C@H]1[C@@H]2Cc3cc(OCc4cc(Oc5ccccc5C(F)(F)F)ccc4F)ncc3[C@@H]21.O=C(O)[C@H]1[C@@H]2Cc3cc(OCc4cc(Oc5ccccc5C(F)(F)F)ccc4F)ncc3[C@@H]21.[Na+].[OH-]. The number of hydrogen-bond acceptors (Lipinski definition) is 10. The van der Waals surface area contributed by atoms with Gasteiger partial charge in [-0.05, 0) is 115 Å². The minimum atomic E-state index is -4.59. The first kappa shape index (κ1) is 51.6. The first-order valence-electron chi connectivity index (χ1n) is 21.4. The van der Waals surface area contributed by atoms with Crippen LogP contribution in [0, 0.1) is 35.3 Å². The zero-order chi connectivity index (χ0) is 48.1. The maximum atomic E-state index is 14.4. The predicted molar refractivity (Wildman–Crippen MR) is 226 cm³/mol.